The van der Waals surface area contributed by atoms with Crippen LogP contribution in [-0.2, 0) is 38.2 Å². The van der Waals surface area contributed by atoms with Gasteiger partial charge in [0.25, 0.3) is 0 Å². The molecular weight excluding hydrogens is 688 g/mol. The summed E-state index contributed by atoms with van der Waals surface area (Å²) >= 11 is 0. The highest BCUT2D eigenvalue weighted by Crippen LogP contribution is 2.14. The van der Waals surface area contributed by atoms with E-state index in [2.05, 4.69) is 21.3 Å². The Bertz CT molecular complexity index is 999. The molecule has 3 amide bonds. The van der Waals surface area contributed by atoms with Gasteiger partial charge in [-0.1, -0.05) is 89.9 Å². The normalized spacial score (nSPS) is 12.2. The zero-order valence-corrected chi connectivity index (χ0v) is 32.3. The van der Waals surface area contributed by atoms with Crippen LogP contribution in [0.25, 0.3) is 0 Å². The number of likely N-dealkylation sites (N-methyl/N-ethyl adjacent to an activating group) is 1. The third kappa shape index (κ3) is 34.2. The molecule has 15 nitrogen and oxygen atoms in total. The SMILES string of the molecule is CN[C@@H](CCCCNC(=O)COCCOCCNC(=O)CC[C@H](NC(=O)CCCCCCCCCCCCCCCCCCC(=O)O)C(=O)O)C(=O)O. The highest BCUT2D eigenvalue weighted by molar-refractivity contribution is 5.84. The van der Waals surface area contributed by atoms with Gasteiger partial charge in [0.2, 0.25) is 17.7 Å². The summed E-state index contributed by atoms with van der Waals surface area (Å²) in [5.41, 5.74) is 0. The summed E-state index contributed by atoms with van der Waals surface area (Å²) in [5, 5.41) is 37.7. The second-order valence-electron chi connectivity index (χ2n) is 13.6. The number of carboxylic acids is 3. The smallest absolute Gasteiger partial charge is 0.326 e. The molecule has 0 radical (unpaired) electrons. The third-order valence-corrected chi connectivity index (χ3v) is 8.90. The lowest BCUT2D eigenvalue weighted by atomic mass is 10.0. The number of ether oxygens (including phenoxy) is 2. The van der Waals surface area contributed by atoms with Gasteiger partial charge in [-0.25, -0.2) is 4.79 Å². The number of hydrogen-bond acceptors (Lipinski definition) is 9. The average molecular weight is 759 g/mol. The predicted octanol–water partition coefficient (Wildman–Crippen LogP) is 4.55. The van der Waals surface area contributed by atoms with Gasteiger partial charge in [0.15, 0.2) is 0 Å². The van der Waals surface area contributed by atoms with Crippen LogP contribution in [0.2, 0.25) is 0 Å². The summed E-state index contributed by atoms with van der Waals surface area (Å²) in [7, 11) is 1.60. The molecule has 2 atom stereocenters. The number of carbonyl (C=O) groups is 6. The summed E-state index contributed by atoms with van der Waals surface area (Å²) < 4.78 is 10.6. The van der Waals surface area contributed by atoms with Gasteiger partial charge in [-0.15, -0.1) is 0 Å². The molecule has 0 saturated carbocycles. The first-order valence-electron chi connectivity index (χ1n) is 19.9. The Hall–Kier alpha value is -3.30. The number of aliphatic carboxylic acids is 3. The number of rotatable bonds is 39. The van der Waals surface area contributed by atoms with Crippen LogP contribution in [0, 0.1) is 0 Å². The van der Waals surface area contributed by atoms with Crippen LogP contribution in [0.15, 0.2) is 0 Å². The van der Waals surface area contributed by atoms with E-state index in [9.17, 15) is 33.9 Å². The molecule has 0 rings (SSSR count). The van der Waals surface area contributed by atoms with Crippen molar-refractivity contribution in [1.82, 2.24) is 21.3 Å². The summed E-state index contributed by atoms with van der Waals surface area (Å²) in [6, 6.07) is -1.72. The fraction of sp³-hybridized carbons (Fsp3) is 0.842. The van der Waals surface area contributed by atoms with Gasteiger partial charge >= 0.3 is 17.9 Å². The zero-order chi connectivity index (χ0) is 39.4. The molecule has 0 aromatic rings. The lowest BCUT2D eigenvalue weighted by Crippen LogP contribution is -2.41. The van der Waals surface area contributed by atoms with Crippen LogP contribution in [0.1, 0.15) is 148 Å². The molecule has 53 heavy (non-hydrogen) atoms. The van der Waals surface area contributed by atoms with Crippen LogP contribution in [0.4, 0.5) is 0 Å². The summed E-state index contributed by atoms with van der Waals surface area (Å²) in [6.07, 6.45) is 20.2. The minimum atomic E-state index is -1.17. The highest BCUT2D eigenvalue weighted by Gasteiger charge is 2.21. The Kier molecular flexibility index (Phi) is 33.5. The molecule has 0 heterocycles. The van der Waals surface area contributed by atoms with Crippen LogP contribution in [0.3, 0.4) is 0 Å². The maximum atomic E-state index is 12.3. The fourth-order valence-corrected chi connectivity index (χ4v) is 5.72. The van der Waals surface area contributed by atoms with E-state index in [4.69, 9.17) is 19.7 Å². The lowest BCUT2D eigenvalue weighted by molar-refractivity contribution is -0.142. The molecule has 0 bridgehead atoms. The number of carboxylic acid groups (broad SMARTS) is 3. The molecule has 0 aromatic carbocycles. The zero-order valence-electron chi connectivity index (χ0n) is 32.3. The van der Waals surface area contributed by atoms with Gasteiger partial charge in [0.05, 0.1) is 19.8 Å². The fourth-order valence-electron chi connectivity index (χ4n) is 5.72. The van der Waals surface area contributed by atoms with E-state index in [1.54, 1.807) is 7.05 Å². The monoisotopic (exact) mass is 759 g/mol. The first-order chi connectivity index (χ1) is 25.6. The minimum Gasteiger partial charge on any atom is -0.481 e. The minimum absolute atomic E-state index is 0.0152. The lowest BCUT2D eigenvalue weighted by Gasteiger charge is -2.14. The molecule has 0 aromatic heterocycles. The number of unbranched alkanes of at least 4 members (excludes halogenated alkanes) is 16. The molecule has 0 unspecified atom stereocenters. The van der Waals surface area contributed by atoms with Crippen molar-refractivity contribution in [2.24, 2.45) is 0 Å². The molecule has 0 fully saturated rings. The van der Waals surface area contributed by atoms with Crippen LogP contribution >= 0.6 is 0 Å². The van der Waals surface area contributed by atoms with Gasteiger partial charge in [-0.2, -0.15) is 0 Å². The van der Waals surface area contributed by atoms with E-state index in [0.29, 0.717) is 32.2 Å². The number of hydrogen-bond donors (Lipinski definition) is 7. The van der Waals surface area contributed by atoms with E-state index < -0.39 is 30.0 Å². The second kappa shape index (κ2) is 35.7. The molecule has 0 saturated heterocycles. The first-order valence-corrected chi connectivity index (χ1v) is 19.9. The van der Waals surface area contributed by atoms with Crippen molar-refractivity contribution < 1.29 is 53.6 Å². The predicted molar refractivity (Wildman–Crippen MR) is 202 cm³/mol. The molecule has 0 aliphatic rings. The Balaban J connectivity index is 3.68. The maximum Gasteiger partial charge on any atom is 0.326 e. The van der Waals surface area contributed by atoms with E-state index in [1.807, 2.05) is 0 Å². The van der Waals surface area contributed by atoms with Gasteiger partial charge < -0.3 is 46.1 Å². The van der Waals surface area contributed by atoms with Crippen LogP contribution in [0.5, 0.6) is 0 Å². The summed E-state index contributed by atoms with van der Waals surface area (Å²) in [5.74, 6) is -3.71. The van der Waals surface area contributed by atoms with Crippen LogP contribution < -0.4 is 21.3 Å². The van der Waals surface area contributed by atoms with E-state index in [1.165, 1.54) is 57.8 Å². The van der Waals surface area contributed by atoms with Crippen molar-refractivity contribution >= 4 is 35.6 Å². The third-order valence-electron chi connectivity index (χ3n) is 8.90. The molecule has 308 valence electrons. The molecule has 0 aliphatic heterocycles. The molecule has 15 heteroatoms. The maximum absolute atomic E-state index is 12.3. The van der Waals surface area contributed by atoms with Crippen molar-refractivity contribution in [2.75, 3.05) is 46.6 Å². The average Bonchev–Trinajstić information content (AvgIpc) is 3.11. The van der Waals surface area contributed by atoms with Crippen LogP contribution in [-0.4, -0.2) is 110 Å². The van der Waals surface area contributed by atoms with Crippen molar-refractivity contribution in [3.8, 4) is 0 Å². The standard InChI is InChI=1S/C38H70N4O11/c1-39-31(37(48)49)20-18-19-25-40-35(45)30-53-29-28-52-27-26-41-33(43)24-23-32(38(50)51)42-34(44)21-16-14-12-10-8-6-4-2-3-5-7-9-11-13-15-17-22-36(46)47/h31-32,39H,2-30H2,1H3,(H,40,45)(H,41,43)(H,42,44)(H,46,47)(H,48,49)(H,50,51)/t31-,32-/m0/s1. The van der Waals surface area contributed by atoms with Gasteiger partial charge in [0, 0.05) is 32.4 Å². The van der Waals surface area contributed by atoms with Gasteiger partial charge in [-0.3, -0.25) is 24.0 Å². The Morgan fingerprint density at radius 2 is 0.962 bits per heavy atom. The van der Waals surface area contributed by atoms with Crippen molar-refractivity contribution in [3.63, 3.8) is 0 Å². The summed E-state index contributed by atoms with van der Waals surface area (Å²) in [4.78, 5) is 69.3. The number of nitrogens with one attached hydrogen (secondary N) is 4. The number of amides is 3. The van der Waals surface area contributed by atoms with Gasteiger partial charge in [0.1, 0.15) is 18.7 Å². The van der Waals surface area contributed by atoms with Gasteiger partial charge in [-0.05, 0) is 45.6 Å². The molecule has 7 N–H and O–H groups in total. The highest BCUT2D eigenvalue weighted by atomic mass is 16.5. The van der Waals surface area contributed by atoms with Crippen molar-refractivity contribution in [2.45, 2.75) is 160 Å². The Morgan fingerprint density at radius 3 is 1.47 bits per heavy atom. The molecular formula is C38H70N4O11. The second-order valence-corrected chi connectivity index (χ2v) is 13.6. The molecule has 0 spiro atoms. The quantitative estimate of drug-likeness (QED) is 0.0429. The first kappa shape index (κ1) is 49.7. The van der Waals surface area contributed by atoms with Crippen molar-refractivity contribution in [1.29, 1.82) is 0 Å². The summed E-state index contributed by atoms with van der Waals surface area (Å²) in [6.45, 7) is 1.15. The topological polar surface area (TPSA) is 230 Å². The molecule has 0 aliphatic carbocycles. The van der Waals surface area contributed by atoms with E-state index >= 15 is 0 Å². The Morgan fingerprint density at radius 1 is 0.472 bits per heavy atom. The van der Waals surface area contributed by atoms with E-state index in [0.717, 1.165) is 38.5 Å². The van der Waals surface area contributed by atoms with Crippen molar-refractivity contribution in [3.05, 3.63) is 0 Å². The largest absolute Gasteiger partial charge is 0.481 e. The van der Waals surface area contributed by atoms with E-state index in [-0.39, 0.29) is 76.4 Å². The Labute approximate surface area is 316 Å². The number of carbonyl (C=O) groups excluding carboxylic acids is 3.